The molecule has 0 aliphatic carbocycles. The molecule has 16 heavy (non-hydrogen) atoms. The number of hydrogen-bond acceptors (Lipinski definition) is 3. The highest BCUT2D eigenvalue weighted by molar-refractivity contribution is 5.98. The number of nitrogens with two attached hydrogens (primary N) is 1. The van der Waals surface area contributed by atoms with Gasteiger partial charge in [-0.05, 0) is 18.9 Å². The molecule has 0 saturated heterocycles. The van der Waals surface area contributed by atoms with Gasteiger partial charge in [0.05, 0.1) is 17.4 Å². The number of primary amides is 1. The van der Waals surface area contributed by atoms with Crippen LogP contribution in [0.4, 0.5) is 5.69 Å². The monoisotopic (exact) mass is 221 g/mol. The molecule has 1 amide bonds. The first kappa shape index (κ1) is 12.5. The van der Waals surface area contributed by atoms with Gasteiger partial charge < -0.3 is 10.6 Å². The molecule has 0 bridgehead atoms. The van der Waals surface area contributed by atoms with Gasteiger partial charge >= 0.3 is 0 Å². The molecule has 0 spiro atoms. The average molecular weight is 221 g/mol. The quantitative estimate of drug-likeness (QED) is 0.797. The van der Waals surface area contributed by atoms with Crippen LogP contribution in [-0.2, 0) is 0 Å². The minimum atomic E-state index is -0.394. The molecule has 1 rings (SSSR count). The molecule has 88 valence electrons. The molecule has 4 heteroatoms. The third-order valence-corrected chi connectivity index (χ3v) is 2.39. The predicted octanol–water partition coefficient (Wildman–Crippen LogP) is 1.81. The summed E-state index contributed by atoms with van der Waals surface area (Å²) in [7, 11) is 0. The molecule has 2 N–H and O–H groups in total. The van der Waals surface area contributed by atoms with Gasteiger partial charge in [0.25, 0.3) is 5.91 Å². The zero-order valence-corrected chi connectivity index (χ0v) is 9.94. The van der Waals surface area contributed by atoms with Crippen molar-refractivity contribution in [1.82, 2.24) is 4.98 Å². The molecule has 0 unspecified atom stereocenters. The molecule has 1 aromatic heterocycles. The van der Waals surface area contributed by atoms with Crippen molar-refractivity contribution in [3.05, 3.63) is 24.0 Å². The molecular weight excluding hydrogens is 202 g/mol. The van der Waals surface area contributed by atoms with Crippen molar-refractivity contribution in [3.63, 3.8) is 0 Å². The second kappa shape index (κ2) is 6.10. The SMILES string of the molecule is CCCN(CCC)c1cnccc1C(N)=O. The van der Waals surface area contributed by atoms with Gasteiger partial charge in [-0.15, -0.1) is 0 Å². The number of pyridine rings is 1. The smallest absolute Gasteiger partial charge is 0.250 e. The Morgan fingerprint density at radius 1 is 1.38 bits per heavy atom. The van der Waals surface area contributed by atoms with Crippen molar-refractivity contribution in [1.29, 1.82) is 0 Å². The Morgan fingerprint density at radius 2 is 2.00 bits per heavy atom. The van der Waals surface area contributed by atoms with Crippen LogP contribution in [0.15, 0.2) is 18.5 Å². The second-order valence-corrected chi connectivity index (χ2v) is 3.74. The van der Waals surface area contributed by atoms with Gasteiger partial charge in [0.2, 0.25) is 0 Å². The first-order chi connectivity index (χ1) is 7.70. The lowest BCUT2D eigenvalue weighted by molar-refractivity contribution is 0.100. The Balaban J connectivity index is 3.02. The third-order valence-electron chi connectivity index (χ3n) is 2.39. The van der Waals surface area contributed by atoms with Crippen LogP contribution in [-0.4, -0.2) is 24.0 Å². The fourth-order valence-electron chi connectivity index (χ4n) is 1.74. The largest absolute Gasteiger partial charge is 0.370 e. The van der Waals surface area contributed by atoms with Gasteiger partial charge in [-0.25, -0.2) is 0 Å². The van der Waals surface area contributed by atoms with Crippen LogP contribution < -0.4 is 10.6 Å². The number of carbonyl (C=O) groups excluding carboxylic acids is 1. The number of amides is 1. The minimum absolute atomic E-state index is 0.394. The molecule has 1 heterocycles. The summed E-state index contributed by atoms with van der Waals surface area (Å²) >= 11 is 0. The molecule has 0 aromatic carbocycles. The van der Waals surface area contributed by atoms with Crippen molar-refractivity contribution < 1.29 is 4.79 Å². The summed E-state index contributed by atoms with van der Waals surface area (Å²) in [5.41, 5.74) is 6.75. The van der Waals surface area contributed by atoms with Crippen molar-refractivity contribution in [2.75, 3.05) is 18.0 Å². The molecule has 0 aliphatic rings. The molecule has 1 aromatic rings. The standard InChI is InChI=1S/C12H19N3O/c1-3-7-15(8-4-2)11-9-14-6-5-10(11)12(13)16/h5-6,9H,3-4,7-8H2,1-2H3,(H2,13,16). The fourth-order valence-corrected chi connectivity index (χ4v) is 1.74. The highest BCUT2D eigenvalue weighted by Gasteiger charge is 2.13. The molecule has 0 radical (unpaired) electrons. The highest BCUT2D eigenvalue weighted by Crippen LogP contribution is 2.19. The lowest BCUT2D eigenvalue weighted by Crippen LogP contribution is -2.28. The van der Waals surface area contributed by atoms with Crippen LogP contribution in [0.3, 0.4) is 0 Å². The van der Waals surface area contributed by atoms with Gasteiger partial charge in [0.1, 0.15) is 0 Å². The van der Waals surface area contributed by atoms with E-state index in [9.17, 15) is 4.79 Å². The van der Waals surface area contributed by atoms with E-state index in [0.717, 1.165) is 31.6 Å². The number of nitrogens with zero attached hydrogens (tertiary/aromatic N) is 2. The van der Waals surface area contributed by atoms with E-state index < -0.39 is 5.91 Å². The van der Waals surface area contributed by atoms with E-state index in [-0.39, 0.29) is 0 Å². The van der Waals surface area contributed by atoms with Crippen LogP contribution in [0.1, 0.15) is 37.0 Å². The minimum Gasteiger partial charge on any atom is -0.370 e. The molecule has 4 nitrogen and oxygen atoms in total. The van der Waals surface area contributed by atoms with Crippen molar-refractivity contribution in [2.24, 2.45) is 5.73 Å². The normalized spacial score (nSPS) is 10.1. The van der Waals surface area contributed by atoms with Gasteiger partial charge in [-0.2, -0.15) is 0 Å². The molecule has 0 atom stereocenters. The molecule has 0 aliphatic heterocycles. The van der Waals surface area contributed by atoms with Crippen molar-refractivity contribution in [3.8, 4) is 0 Å². The number of anilines is 1. The maximum Gasteiger partial charge on any atom is 0.250 e. The predicted molar refractivity (Wildman–Crippen MR) is 65.5 cm³/mol. The molecule has 0 saturated carbocycles. The van der Waals surface area contributed by atoms with Crippen LogP contribution in [0.2, 0.25) is 0 Å². The average Bonchev–Trinajstić information content (AvgIpc) is 2.29. The summed E-state index contributed by atoms with van der Waals surface area (Å²) in [6, 6.07) is 1.68. The third kappa shape index (κ3) is 2.95. The van der Waals surface area contributed by atoms with Crippen LogP contribution in [0.25, 0.3) is 0 Å². The van der Waals surface area contributed by atoms with Gasteiger partial charge in [-0.1, -0.05) is 13.8 Å². The summed E-state index contributed by atoms with van der Waals surface area (Å²) < 4.78 is 0. The molecule has 0 fully saturated rings. The number of rotatable bonds is 6. The van der Waals surface area contributed by atoms with Gasteiger partial charge in [0.15, 0.2) is 0 Å². The number of hydrogen-bond donors (Lipinski definition) is 1. The summed E-state index contributed by atoms with van der Waals surface area (Å²) in [5, 5.41) is 0. The Hall–Kier alpha value is -1.58. The van der Waals surface area contributed by atoms with E-state index >= 15 is 0 Å². The summed E-state index contributed by atoms with van der Waals surface area (Å²) in [6.45, 7) is 6.06. The van der Waals surface area contributed by atoms with Crippen molar-refractivity contribution >= 4 is 11.6 Å². The Bertz CT molecular complexity index is 346. The van der Waals surface area contributed by atoms with Crippen LogP contribution in [0.5, 0.6) is 0 Å². The summed E-state index contributed by atoms with van der Waals surface area (Å²) in [6.07, 6.45) is 5.38. The molecular formula is C12H19N3O. The highest BCUT2D eigenvalue weighted by atomic mass is 16.1. The Morgan fingerprint density at radius 3 is 2.50 bits per heavy atom. The lowest BCUT2D eigenvalue weighted by Gasteiger charge is -2.24. The van der Waals surface area contributed by atoms with Crippen LogP contribution >= 0.6 is 0 Å². The lowest BCUT2D eigenvalue weighted by atomic mass is 10.2. The topological polar surface area (TPSA) is 59.2 Å². The zero-order chi connectivity index (χ0) is 12.0. The fraction of sp³-hybridized carbons (Fsp3) is 0.500. The first-order valence-electron chi connectivity index (χ1n) is 5.69. The Labute approximate surface area is 96.5 Å². The van der Waals surface area contributed by atoms with Crippen LogP contribution in [0, 0.1) is 0 Å². The summed E-state index contributed by atoms with van der Waals surface area (Å²) in [4.78, 5) is 17.5. The number of aromatic nitrogens is 1. The Kier molecular flexibility index (Phi) is 4.76. The zero-order valence-electron chi connectivity index (χ0n) is 9.94. The van der Waals surface area contributed by atoms with E-state index in [1.165, 1.54) is 0 Å². The van der Waals surface area contributed by atoms with Gasteiger partial charge in [0, 0.05) is 19.3 Å². The second-order valence-electron chi connectivity index (χ2n) is 3.74. The van der Waals surface area contributed by atoms with E-state index in [0.29, 0.717) is 5.56 Å². The van der Waals surface area contributed by atoms with Gasteiger partial charge in [-0.3, -0.25) is 9.78 Å². The number of carbonyl (C=O) groups is 1. The first-order valence-corrected chi connectivity index (χ1v) is 5.69. The van der Waals surface area contributed by atoms with E-state index in [1.54, 1.807) is 18.5 Å². The van der Waals surface area contributed by atoms with E-state index in [1.807, 2.05) is 0 Å². The summed E-state index contributed by atoms with van der Waals surface area (Å²) in [5.74, 6) is -0.394. The van der Waals surface area contributed by atoms with E-state index in [4.69, 9.17) is 5.73 Å². The maximum atomic E-state index is 11.3. The van der Waals surface area contributed by atoms with E-state index in [2.05, 4.69) is 23.7 Å². The maximum absolute atomic E-state index is 11.3. The van der Waals surface area contributed by atoms with Crippen molar-refractivity contribution in [2.45, 2.75) is 26.7 Å².